The lowest BCUT2D eigenvalue weighted by Crippen LogP contribution is -2.48. The molecule has 0 aliphatic carbocycles. The summed E-state index contributed by atoms with van der Waals surface area (Å²) in [6.07, 6.45) is 0. The molecule has 118 valence electrons. The standard InChI is InChI=1S/C22H20N2/c1-22(18-13-7-4-8-14-18)19-15-9-10-16-20(19)23-21(24(22)2)17-11-5-3-6-12-17/h3-16H,1-2H3. The molecule has 1 unspecified atom stereocenters. The molecule has 2 heteroatoms. The highest BCUT2D eigenvalue weighted by Gasteiger charge is 2.40. The summed E-state index contributed by atoms with van der Waals surface area (Å²) in [6.45, 7) is 2.28. The zero-order valence-corrected chi connectivity index (χ0v) is 14.0. The molecular weight excluding hydrogens is 292 g/mol. The van der Waals surface area contributed by atoms with E-state index in [-0.39, 0.29) is 5.54 Å². The zero-order valence-electron chi connectivity index (χ0n) is 14.0. The first-order chi connectivity index (χ1) is 11.7. The number of amidine groups is 1. The quantitative estimate of drug-likeness (QED) is 0.652. The van der Waals surface area contributed by atoms with Gasteiger partial charge in [0.15, 0.2) is 0 Å². The van der Waals surface area contributed by atoms with Crippen LogP contribution in [0.4, 0.5) is 5.69 Å². The lowest BCUT2D eigenvalue weighted by Gasteiger charge is -2.45. The minimum atomic E-state index is -0.259. The van der Waals surface area contributed by atoms with Gasteiger partial charge in [0.2, 0.25) is 0 Å². The molecule has 0 amide bonds. The molecule has 0 saturated carbocycles. The Balaban J connectivity index is 1.97. The van der Waals surface area contributed by atoms with Gasteiger partial charge >= 0.3 is 0 Å². The number of aliphatic imine (C=N–C) groups is 1. The number of para-hydroxylation sites is 1. The molecule has 0 radical (unpaired) electrons. The van der Waals surface area contributed by atoms with Crippen molar-refractivity contribution in [1.29, 1.82) is 0 Å². The molecule has 4 rings (SSSR count). The van der Waals surface area contributed by atoms with Gasteiger partial charge in [-0.2, -0.15) is 0 Å². The van der Waals surface area contributed by atoms with Crippen LogP contribution >= 0.6 is 0 Å². The van der Waals surface area contributed by atoms with Crippen LogP contribution in [0.25, 0.3) is 0 Å². The molecule has 0 saturated heterocycles. The van der Waals surface area contributed by atoms with E-state index in [2.05, 4.69) is 97.7 Å². The van der Waals surface area contributed by atoms with Crippen molar-refractivity contribution in [3.63, 3.8) is 0 Å². The van der Waals surface area contributed by atoms with E-state index in [0.29, 0.717) is 0 Å². The van der Waals surface area contributed by atoms with Crippen molar-refractivity contribution in [3.8, 4) is 0 Å². The fraction of sp³-hybridized carbons (Fsp3) is 0.136. The topological polar surface area (TPSA) is 15.6 Å². The monoisotopic (exact) mass is 312 g/mol. The van der Waals surface area contributed by atoms with Crippen LogP contribution in [0, 0.1) is 0 Å². The second-order valence-corrected chi connectivity index (χ2v) is 6.32. The first kappa shape index (κ1) is 14.7. The molecule has 0 N–H and O–H groups in total. The lowest BCUT2D eigenvalue weighted by atomic mass is 9.80. The van der Waals surface area contributed by atoms with Gasteiger partial charge in [0.25, 0.3) is 0 Å². The lowest BCUT2D eigenvalue weighted by molar-refractivity contribution is 0.284. The van der Waals surface area contributed by atoms with Gasteiger partial charge < -0.3 is 4.90 Å². The van der Waals surface area contributed by atoms with Gasteiger partial charge in [-0.1, -0.05) is 78.9 Å². The Morgan fingerprint density at radius 1 is 0.750 bits per heavy atom. The number of fused-ring (bicyclic) bond motifs is 1. The van der Waals surface area contributed by atoms with E-state index in [1.807, 2.05) is 6.07 Å². The molecule has 0 spiro atoms. The number of hydrogen-bond donors (Lipinski definition) is 0. The summed E-state index contributed by atoms with van der Waals surface area (Å²) in [5.74, 6) is 1.00. The molecule has 1 atom stereocenters. The SMILES string of the molecule is CN1C(c2ccccc2)=Nc2ccccc2C1(C)c1ccccc1. The van der Waals surface area contributed by atoms with E-state index in [0.717, 1.165) is 17.1 Å². The summed E-state index contributed by atoms with van der Waals surface area (Å²) in [4.78, 5) is 7.25. The van der Waals surface area contributed by atoms with Crippen molar-refractivity contribution in [2.45, 2.75) is 12.5 Å². The molecule has 0 fully saturated rings. The molecule has 24 heavy (non-hydrogen) atoms. The van der Waals surface area contributed by atoms with Gasteiger partial charge in [0, 0.05) is 18.2 Å². The zero-order chi connectivity index (χ0) is 16.6. The second-order valence-electron chi connectivity index (χ2n) is 6.32. The third-order valence-corrected chi connectivity index (χ3v) is 5.01. The largest absolute Gasteiger partial charge is 0.346 e. The van der Waals surface area contributed by atoms with Crippen molar-refractivity contribution >= 4 is 11.5 Å². The van der Waals surface area contributed by atoms with E-state index >= 15 is 0 Å². The van der Waals surface area contributed by atoms with Gasteiger partial charge in [0.1, 0.15) is 5.84 Å². The smallest absolute Gasteiger partial charge is 0.137 e. The third kappa shape index (κ3) is 2.15. The van der Waals surface area contributed by atoms with Crippen LogP contribution in [0.1, 0.15) is 23.6 Å². The van der Waals surface area contributed by atoms with E-state index in [4.69, 9.17) is 4.99 Å². The average Bonchev–Trinajstić information content (AvgIpc) is 2.66. The first-order valence-corrected chi connectivity index (χ1v) is 8.24. The van der Waals surface area contributed by atoms with Crippen LogP contribution in [0.5, 0.6) is 0 Å². The Morgan fingerprint density at radius 3 is 2.04 bits per heavy atom. The highest BCUT2D eigenvalue weighted by molar-refractivity contribution is 6.02. The van der Waals surface area contributed by atoms with Crippen molar-refractivity contribution < 1.29 is 0 Å². The molecular formula is C22H20N2. The number of benzene rings is 3. The third-order valence-electron chi connectivity index (χ3n) is 5.01. The van der Waals surface area contributed by atoms with Gasteiger partial charge in [-0.05, 0) is 18.6 Å². The van der Waals surface area contributed by atoms with E-state index < -0.39 is 0 Å². The molecule has 2 nitrogen and oxygen atoms in total. The number of hydrogen-bond acceptors (Lipinski definition) is 2. The Bertz CT molecular complexity index is 884. The Labute approximate surface area is 143 Å². The van der Waals surface area contributed by atoms with Gasteiger partial charge in [0.05, 0.1) is 11.2 Å². The molecule has 3 aromatic rings. The van der Waals surface area contributed by atoms with E-state index in [1.54, 1.807) is 0 Å². The molecule has 0 bridgehead atoms. The predicted molar refractivity (Wildman–Crippen MR) is 99.7 cm³/mol. The van der Waals surface area contributed by atoms with Gasteiger partial charge in [-0.3, -0.25) is 0 Å². The molecule has 3 aromatic carbocycles. The summed E-state index contributed by atoms with van der Waals surface area (Å²) in [5.41, 5.74) is 4.42. The van der Waals surface area contributed by atoms with Crippen LogP contribution in [0.15, 0.2) is 89.9 Å². The van der Waals surface area contributed by atoms with Crippen molar-refractivity contribution in [2.75, 3.05) is 7.05 Å². The fourth-order valence-corrected chi connectivity index (χ4v) is 3.52. The van der Waals surface area contributed by atoms with Crippen LogP contribution < -0.4 is 0 Å². The Morgan fingerprint density at radius 2 is 1.33 bits per heavy atom. The van der Waals surface area contributed by atoms with Crippen molar-refractivity contribution in [1.82, 2.24) is 4.90 Å². The molecule has 0 aromatic heterocycles. The Hall–Kier alpha value is -2.87. The first-order valence-electron chi connectivity index (χ1n) is 8.24. The number of rotatable bonds is 2. The highest BCUT2D eigenvalue weighted by atomic mass is 15.2. The molecule has 1 aliphatic heterocycles. The summed E-state index contributed by atoms with van der Waals surface area (Å²) < 4.78 is 0. The summed E-state index contributed by atoms with van der Waals surface area (Å²) in [5, 5.41) is 0. The molecule has 1 aliphatic rings. The maximum absolute atomic E-state index is 4.96. The minimum Gasteiger partial charge on any atom is -0.346 e. The minimum absolute atomic E-state index is 0.259. The molecule has 1 heterocycles. The fourth-order valence-electron chi connectivity index (χ4n) is 3.52. The summed E-state index contributed by atoms with van der Waals surface area (Å²) in [7, 11) is 2.13. The van der Waals surface area contributed by atoms with Crippen molar-refractivity contribution in [2.24, 2.45) is 4.99 Å². The van der Waals surface area contributed by atoms with Crippen LogP contribution in [-0.4, -0.2) is 17.8 Å². The van der Waals surface area contributed by atoms with Crippen LogP contribution in [0.3, 0.4) is 0 Å². The maximum atomic E-state index is 4.96. The summed E-state index contributed by atoms with van der Waals surface area (Å²) in [6, 6.07) is 29.5. The van der Waals surface area contributed by atoms with Gasteiger partial charge in [-0.25, -0.2) is 4.99 Å². The van der Waals surface area contributed by atoms with E-state index in [9.17, 15) is 0 Å². The maximum Gasteiger partial charge on any atom is 0.137 e. The normalized spacial score (nSPS) is 19.6. The van der Waals surface area contributed by atoms with Crippen LogP contribution in [-0.2, 0) is 5.54 Å². The second kappa shape index (κ2) is 5.64. The number of nitrogens with zero attached hydrogens (tertiary/aromatic N) is 2. The van der Waals surface area contributed by atoms with Crippen molar-refractivity contribution in [3.05, 3.63) is 102 Å². The highest BCUT2D eigenvalue weighted by Crippen LogP contribution is 2.43. The van der Waals surface area contributed by atoms with E-state index in [1.165, 1.54) is 11.1 Å². The summed E-state index contributed by atoms with van der Waals surface area (Å²) >= 11 is 0. The predicted octanol–water partition coefficient (Wildman–Crippen LogP) is 4.97. The average molecular weight is 312 g/mol. The van der Waals surface area contributed by atoms with Gasteiger partial charge in [-0.15, -0.1) is 0 Å². The van der Waals surface area contributed by atoms with Crippen LogP contribution in [0.2, 0.25) is 0 Å². The Kier molecular flexibility index (Phi) is 3.46.